The fourth-order valence-corrected chi connectivity index (χ4v) is 11.4. The van der Waals surface area contributed by atoms with Crippen molar-refractivity contribution in [1.29, 1.82) is 0 Å². The molecule has 234 valence electrons. The molecule has 0 aliphatic carbocycles. The van der Waals surface area contributed by atoms with Gasteiger partial charge in [0.15, 0.2) is 8.07 Å². The zero-order valence-electron chi connectivity index (χ0n) is 26.5. The Kier molecular flexibility index (Phi) is 11.0. The van der Waals surface area contributed by atoms with E-state index in [1.165, 1.54) is 20.7 Å². The van der Waals surface area contributed by atoms with Crippen molar-refractivity contribution in [2.45, 2.75) is 0 Å². The average Bonchev–Trinajstić information content (AvgIpc) is 3.16. The molecule has 0 amide bonds. The van der Waals surface area contributed by atoms with Crippen molar-refractivity contribution in [3.05, 3.63) is 215 Å². The molecule has 7 rings (SSSR count). The first-order valence-corrected chi connectivity index (χ1v) is 19.4. The largest absolute Gasteiger partial charge is 0.311 e. The van der Waals surface area contributed by atoms with Gasteiger partial charge in [-0.25, -0.2) is 0 Å². The lowest BCUT2D eigenvalue weighted by Crippen LogP contribution is -2.74. The lowest BCUT2D eigenvalue weighted by Gasteiger charge is -2.34. The summed E-state index contributed by atoms with van der Waals surface area (Å²) in [6.07, 6.45) is 1.86. The Morgan fingerprint density at radius 3 is 1.04 bits per heavy atom. The maximum Gasteiger partial charge on any atom is 0.179 e. The van der Waals surface area contributed by atoms with E-state index in [0.29, 0.717) is 0 Å². The molecule has 0 atom stereocenters. The zero-order chi connectivity index (χ0) is 33.2. The number of benzene rings is 7. The van der Waals surface area contributed by atoms with Gasteiger partial charge >= 0.3 is 0 Å². The molecule has 7 aromatic rings. The smallest absolute Gasteiger partial charge is 0.179 e. The SMILES string of the molecule is Brc1ccc([Si](c2ccccc2)(c2ccccc2)c2ccc(Br)cc2)cc1.C=Cc1ccc(N(c2ccccc2)c2ccccc2)cc1. The fraction of sp³-hybridized carbons (Fsp3) is 0. The lowest BCUT2D eigenvalue weighted by molar-refractivity contribution is 1.28. The summed E-state index contributed by atoms with van der Waals surface area (Å²) in [5.74, 6) is 0. The minimum Gasteiger partial charge on any atom is -0.311 e. The van der Waals surface area contributed by atoms with Crippen LogP contribution in [-0.4, -0.2) is 8.07 Å². The van der Waals surface area contributed by atoms with Crippen LogP contribution in [0.25, 0.3) is 6.08 Å². The van der Waals surface area contributed by atoms with Gasteiger partial charge in [-0.3, -0.25) is 0 Å². The Balaban J connectivity index is 0.000000173. The normalized spacial score (nSPS) is 10.8. The van der Waals surface area contributed by atoms with Gasteiger partial charge in [0.25, 0.3) is 0 Å². The van der Waals surface area contributed by atoms with Crippen LogP contribution >= 0.6 is 31.9 Å². The predicted octanol–water partition coefficient (Wildman–Crippen LogP) is 10.4. The minimum absolute atomic E-state index is 1.10. The number of hydrogen-bond acceptors (Lipinski definition) is 1. The Labute approximate surface area is 302 Å². The summed E-state index contributed by atoms with van der Waals surface area (Å²) in [5.41, 5.74) is 4.56. The number of halogens is 2. The van der Waals surface area contributed by atoms with Crippen LogP contribution in [-0.2, 0) is 0 Å². The van der Waals surface area contributed by atoms with E-state index in [-0.39, 0.29) is 0 Å². The van der Waals surface area contributed by atoms with Crippen LogP contribution in [0, 0.1) is 0 Å². The average molecular weight is 766 g/mol. The summed E-state index contributed by atoms with van der Waals surface area (Å²) in [5, 5.41) is 5.54. The van der Waals surface area contributed by atoms with Gasteiger partial charge in [-0.2, -0.15) is 0 Å². The number of para-hydroxylation sites is 2. The molecule has 4 heteroatoms. The van der Waals surface area contributed by atoms with Crippen LogP contribution in [0.4, 0.5) is 17.1 Å². The number of rotatable bonds is 8. The summed E-state index contributed by atoms with van der Waals surface area (Å²) in [6.45, 7) is 3.81. The Bertz CT molecular complexity index is 1890. The highest BCUT2D eigenvalue weighted by atomic mass is 79.9. The summed E-state index contributed by atoms with van der Waals surface area (Å²) in [7, 11) is -2.39. The molecule has 0 aliphatic rings. The van der Waals surface area contributed by atoms with E-state index in [1.54, 1.807) is 0 Å². The lowest BCUT2D eigenvalue weighted by atomic mass is 10.1. The van der Waals surface area contributed by atoms with Gasteiger partial charge in [0.1, 0.15) is 0 Å². The molecule has 48 heavy (non-hydrogen) atoms. The Hall–Kier alpha value is -4.74. The van der Waals surface area contributed by atoms with Gasteiger partial charge in [-0.15, -0.1) is 0 Å². The highest BCUT2D eigenvalue weighted by Crippen LogP contribution is 2.34. The quantitative estimate of drug-likeness (QED) is 0.110. The van der Waals surface area contributed by atoms with Crippen LogP contribution in [0.5, 0.6) is 0 Å². The highest BCUT2D eigenvalue weighted by molar-refractivity contribution is 9.10. The number of nitrogens with zero attached hydrogens (tertiary/aromatic N) is 1. The summed E-state index contributed by atoms with van der Waals surface area (Å²) >= 11 is 7.20. The highest BCUT2D eigenvalue weighted by Gasteiger charge is 2.41. The van der Waals surface area contributed by atoms with Crippen molar-refractivity contribution in [3.63, 3.8) is 0 Å². The van der Waals surface area contributed by atoms with Gasteiger partial charge in [-0.1, -0.05) is 178 Å². The number of anilines is 3. The molecule has 0 unspecified atom stereocenters. The van der Waals surface area contributed by atoms with Gasteiger partial charge in [-0.05, 0) is 87.0 Å². The van der Waals surface area contributed by atoms with Crippen molar-refractivity contribution >= 4 is 83.8 Å². The first kappa shape index (κ1) is 33.2. The first-order chi connectivity index (χ1) is 23.6. The third-order valence-electron chi connectivity index (χ3n) is 8.38. The minimum atomic E-state index is -2.39. The summed E-state index contributed by atoms with van der Waals surface area (Å²) in [4.78, 5) is 2.24. The van der Waals surface area contributed by atoms with Crippen LogP contribution in [0.2, 0.25) is 0 Å². The van der Waals surface area contributed by atoms with Gasteiger partial charge in [0.05, 0.1) is 0 Å². The fourth-order valence-electron chi connectivity index (χ4n) is 6.14. The maximum atomic E-state index is 3.81. The maximum absolute atomic E-state index is 3.81. The topological polar surface area (TPSA) is 3.24 Å². The van der Waals surface area contributed by atoms with E-state index in [4.69, 9.17) is 0 Å². The third kappa shape index (κ3) is 7.37. The van der Waals surface area contributed by atoms with Gasteiger partial charge in [0, 0.05) is 26.0 Å². The molecule has 0 bridgehead atoms. The zero-order valence-corrected chi connectivity index (χ0v) is 30.6. The van der Waals surface area contributed by atoms with E-state index in [9.17, 15) is 0 Å². The Morgan fingerprint density at radius 2 is 0.688 bits per heavy atom. The van der Waals surface area contributed by atoms with Crippen LogP contribution in [0.3, 0.4) is 0 Å². The summed E-state index contributed by atoms with van der Waals surface area (Å²) < 4.78 is 2.21. The second-order valence-electron chi connectivity index (χ2n) is 11.3. The van der Waals surface area contributed by atoms with E-state index < -0.39 is 8.07 Å². The molecule has 1 nitrogen and oxygen atoms in total. The molecule has 0 aliphatic heterocycles. The molecular weight excluding hydrogens is 730 g/mol. The van der Waals surface area contributed by atoms with Crippen LogP contribution in [0.1, 0.15) is 5.56 Å². The second-order valence-corrected chi connectivity index (χ2v) is 16.9. The molecule has 0 spiro atoms. The standard InChI is InChI=1S/C24H18Br2Si.C20H17N/c25-19-11-15-23(16-12-19)27(21-7-3-1-4-8-21,22-9-5-2-6-10-22)24-17-13-20(26)14-18-24;1-2-17-13-15-20(16-14-17)21(18-9-5-3-6-10-18)19-11-7-4-8-12-19/h1-18H;2-16H,1H2. The molecule has 0 N–H and O–H groups in total. The predicted molar refractivity (Wildman–Crippen MR) is 217 cm³/mol. The van der Waals surface area contributed by atoms with Crippen LogP contribution < -0.4 is 25.6 Å². The first-order valence-electron chi connectivity index (χ1n) is 15.9. The van der Waals surface area contributed by atoms with E-state index in [1.807, 2.05) is 18.2 Å². The second kappa shape index (κ2) is 15.9. The molecule has 7 aromatic carbocycles. The van der Waals surface area contributed by atoms with Crippen molar-refractivity contribution < 1.29 is 0 Å². The van der Waals surface area contributed by atoms with Crippen molar-refractivity contribution in [3.8, 4) is 0 Å². The monoisotopic (exact) mass is 763 g/mol. The van der Waals surface area contributed by atoms with Gasteiger partial charge < -0.3 is 4.90 Å². The van der Waals surface area contributed by atoms with Crippen molar-refractivity contribution in [2.75, 3.05) is 4.90 Å². The molecular formula is C44H35Br2NSi. The molecule has 0 fully saturated rings. The van der Waals surface area contributed by atoms with Crippen molar-refractivity contribution in [2.24, 2.45) is 0 Å². The van der Waals surface area contributed by atoms with Gasteiger partial charge in [0.2, 0.25) is 0 Å². The summed E-state index contributed by atoms with van der Waals surface area (Å²) in [6, 6.07) is 68.8. The molecule has 0 aromatic heterocycles. The van der Waals surface area contributed by atoms with E-state index in [0.717, 1.165) is 31.6 Å². The number of hydrogen-bond donors (Lipinski definition) is 0. The third-order valence-corrected chi connectivity index (χ3v) is 14.2. The van der Waals surface area contributed by atoms with Crippen molar-refractivity contribution in [1.82, 2.24) is 0 Å². The molecule has 0 saturated heterocycles. The van der Waals surface area contributed by atoms with Crippen LogP contribution in [0.15, 0.2) is 210 Å². The molecule has 0 saturated carbocycles. The van der Waals surface area contributed by atoms with E-state index in [2.05, 4.69) is 225 Å². The molecule has 0 radical (unpaired) electrons. The molecule has 0 heterocycles. The Morgan fingerprint density at radius 1 is 0.375 bits per heavy atom. The van der Waals surface area contributed by atoms with E-state index >= 15 is 0 Å².